The minimum absolute atomic E-state index is 0.0362. The molecule has 0 spiro atoms. The number of nitrogens with zero attached hydrogens (tertiary/aromatic N) is 1. The normalized spacial score (nSPS) is 11.3. The van der Waals surface area contributed by atoms with E-state index in [1.165, 1.54) is 0 Å². The lowest BCUT2D eigenvalue weighted by Gasteiger charge is -2.05. The van der Waals surface area contributed by atoms with Crippen LogP contribution >= 0.6 is 11.3 Å². The van der Waals surface area contributed by atoms with Gasteiger partial charge in [-0.25, -0.2) is 9.71 Å². The Kier molecular flexibility index (Phi) is 6.19. The summed E-state index contributed by atoms with van der Waals surface area (Å²) < 4.78 is 32.5. The van der Waals surface area contributed by atoms with Crippen LogP contribution in [0.1, 0.15) is 26.0 Å². The number of carbonyl (C=O) groups is 1. The number of hydrogen-bond acceptors (Lipinski definition) is 6. The highest BCUT2D eigenvalue weighted by atomic mass is 32.2. The lowest BCUT2D eigenvalue weighted by atomic mass is 10.3. The predicted octanol–water partition coefficient (Wildman–Crippen LogP) is 0.905. The molecule has 0 aliphatic rings. The third-order valence-electron chi connectivity index (χ3n) is 1.95. The van der Waals surface area contributed by atoms with Gasteiger partial charge in [0, 0.05) is 11.9 Å². The van der Waals surface area contributed by atoms with Crippen molar-refractivity contribution in [2.45, 2.75) is 26.7 Å². The summed E-state index contributed by atoms with van der Waals surface area (Å²) in [7, 11) is -3.59. The lowest BCUT2D eigenvalue weighted by molar-refractivity contribution is -0.142. The van der Waals surface area contributed by atoms with E-state index in [1.807, 2.05) is 6.92 Å². The molecule has 1 rings (SSSR count). The smallest absolute Gasteiger partial charge is 0.311 e. The van der Waals surface area contributed by atoms with E-state index in [0.717, 1.165) is 11.3 Å². The van der Waals surface area contributed by atoms with Gasteiger partial charge in [-0.2, -0.15) is 13.1 Å². The Bertz CT molecular complexity index is 513. The molecule has 0 aliphatic heterocycles. The summed E-state index contributed by atoms with van der Waals surface area (Å²) >= 11 is 1.12. The molecule has 0 amide bonds. The molecule has 0 bridgehead atoms. The van der Waals surface area contributed by atoms with Crippen molar-refractivity contribution in [3.63, 3.8) is 0 Å². The van der Waals surface area contributed by atoms with E-state index in [2.05, 4.69) is 14.4 Å². The summed E-state index contributed by atoms with van der Waals surface area (Å²) in [6.45, 7) is 4.25. The number of hydrogen-bond donors (Lipinski definition) is 2. The molecule has 0 radical (unpaired) electrons. The fraction of sp³-hybridized carbons (Fsp3) is 0.600. The molecule has 0 saturated heterocycles. The van der Waals surface area contributed by atoms with E-state index in [0.29, 0.717) is 25.3 Å². The highest BCUT2D eigenvalue weighted by Crippen LogP contribution is 2.17. The van der Waals surface area contributed by atoms with Crippen LogP contribution < -0.4 is 9.44 Å². The summed E-state index contributed by atoms with van der Waals surface area (Å²) in [5.74, 6) is -0.383. The summed E-state index contributed by atoms with van der Waals surface area (Å²) in [5, 5.41) is 1.84. The monoisotopic (exact) mass is 307 g/mol. The number of nitrogens with one attached hydrogen (secondary N) is 2. The highest BCUT2D eigenvalue weighted by Gasteiger charge is 2.13. The quantitative estimate of drug-likeness (QED) is 0.696. The molecule has 0 fully saturated rings. The van der Waals surface area contributed by atoms with Gasteiger partial charge in [-0.1, -0.05) is 6.92 Å². The van der Waals surface area contributed by atoms with E-state index >= 15 is 0 Å². The molecular weight excluding hydrogens is 290 g/mol. The van der Waals surface area contributed by atoms with E-state index < -0.39 is 10.2 Å². The zero-order chi connectivity index (χ0) is 14.3. The second-order valence-electron chi connectivity index (χ2n) is 3.63. The number of anilines is 1. The predicted molar refractivity (Wildman–Crippen MR) is 73.3 cm³/mol. The summed E-state index contributed by atoms with van der Waals surface area (Å²) in [6.07, 6.45) is 0.737. The van der Waals surface area contributed by atoms with Gasteiger partial charge in [0.1, 0.15) is 0 Å². The van der Waals surface area contributed by atoms with E-state index in [4.69, 9.17) is 4.74 Å². The highest BCUT2D eigenvalue weighted by molar-refractivity contribution is 7.91. The molecule has 108 valence electrons. The van der Waals surface area contributed by atoms with Crippen LogP contribution in [0.15, 0.2) is 5.38 Å². The van der Waals surface area contributed by atoms with Crippen LogP contribution in [0.25, 0.3) is 0 Å². The Morgan fingerprint density at radius 3 is 2.84 bits per heavy atom. The standard InChI is InChI=1S/C10H17N3O4S2/c1-3-5-11-19(15,16)13-10-12-8(7-18-10)6-9(14)17-4-2/h7,11H,3-6H2,1-2H3,(H,12,13). The fourth-order valence-corrected chi connectivity index (χ4v) is 3.08. The van der Waals surface area contributed by atoms with Gasteiger partial charge in [-0.3, -0.25) is 4.79 Å². The number of thiazole rings is 1. The van der Waals surface area contributed by atoms with Crippen molar-refractivity contribution in [3.05, 3.63) is 11.1 Å². The molecule has 0 aliphatic carbocycles. The first-order valence-electron chi connectivity index (χ1n) is 5.84. The molecule has 1 heterocycles. The average Bonchev–Trinajstić information content (AvgIpc) is 2.73. The minimum Gasteiger partial charge on any atom is -0.466 e. The molecule has 7 nitrogen and oxygen atoms in total. The van der Waals surface area contributed by atoms with E-state index in [-0.39, 0.29) is 17.5 Å². The molecule has 0 aromatic carbocycles. The van der Waals surface area contributed by atoms with Crippen LogP contribution in [0, 0.1) is 0 Å². The summed E-state index contributed by atoms with van der Waals surface area (Å²) in [4.78, 5) is 15.3. The van der Waals surface area contributed by atoms with Crippen molar-refractivity contribution in [2.75, 3.05) is 17.9 Å². The maximum absolute atomic E-state index is 11.5. The van der Waals surface area contributed by atoms with E-state index in [1.54, 1.807) is 12.3 Å². The van der Waals surface area contributed by atoms with Crippen molar-refractivity contribution in [3.8, 4) is 0 Å². The van der Waals surface area contributed by atoms with Gasteiger partial charge in [-0.05, 0) is 13.3 Å². The Hall–Kier alpha value is -1.19. The molecule has 0 atom stereocenters. The van der Waals surface area contributed by atoms with Crippen LogP contribution in [0.3, 0.4) is 0 Å². The zero-order valence-electron chi connectivity index (χ0n) is 10.8. The molecule has 1 aromatic rings. The Morgan fingerprint density at radius 1 is 1.47 bits per heavy atom. The van der Waals surface area contributed by atoms with Crippen LogP contribution in [0.2, 0.25) is 0 Å². The minimum atomic E-state index is -3.59. The van der Waals surface area contributed by atoms with Crippen molar-refractivity contribution < 1.29 is 17.9 Å². The SMILES string of the molecule is CCCNS(=O)(=O)Nc1nc(CC(=O)OCC)cs1. The van der Waals surface area contributed by atoms with Crippen molar-refractivity contribution >= 4 is 32.6 Å². The number of ether oxygens (including phenoxy) is 1. The number of aromatic nitrogens is 1. The first-order valence-corrected chi connectivity index (χ1v) is 8.20. The van der Waals surface area contributed by atoms with Crippen LogP contribution in [-0.2, 0) is 26.2 Å². The topological polar surface area (TPSA) is 97.4 Å². The maximum atomic E-state index is 11.5. The second-order valence-corrected chi connectivity index (χ2v) is 5.98. The molecule has 2 N–H and O–H groups in total. The number of carbonyl (C=O) groups excluding carboxylic acids is 1. The van der Waals surface area contributed by atoms with Crippen LogP contribution in [0.4, 0.5) is 5.13 Å². The first kappa shape index (κ1) is 15.9. The van der Waals surface area contributed by atoms with Gasteiger partial charge >= 0.3 is 16.2 Å². The van der Waals surface area contributed by atoms with Crippen molar-refractivity contribution in [2.24, 2.45) is 0 Å². The Labute approximate surface area is 116 Å². The molecule has 19 heavy (non-hydrogen) atoms. The zero-order valence-corrected chi connectivity index (χ0v) is 12.4. The molecule has 0 unspecified atom stereocenters. The van der Waals surface area contributed by atoms with Crippen LogP contribution in [-0.4, -0.2) is 32.5 Å². The maximum Gasteiger partial charge on any atom is 0.311 e. The average molecular weight is 307 g/mol. The molecule has 0 saturated carbocycles. The number of rotatable bonds is 8. The van der Waals surface area contributed by atoms with Gasteiger partial charge in [0.2, 0.25) is 0 Å². The van der Waals surface area contributed by atoms with Crippen LogP contribution in [0.5, 0.6) is 0 Å². The Morgan fingerprint density at radius 2 is 2.21 bits per heavy atom. The van der Waals surface area contributed by atoms with Gasteiger partial charge < -0.3 is 4.74 Å². The van der Waals surface area contributed by atoms with E-state index in [9.17, 15) is 13.2 Å². The lowest BCUT2D eigenvalue weighted by Crippen LogP contribution is -2.30. The molecule has 9 heteroatoms. The van der Waals surface area contributed by atoms with Crippen molar-refractivity contribution in [1.29, 1.82) is 0 Å². The second kappa shape index (κ2) is 7.41. The van der Waals surface area contributed by atoms with Gasteiger partial charge in [0.25, 0.3) is 0 Å². The summed E-state index contributed by atoms with van der Waals surface area (Å²) in [5.41, 5.74) is 0.483. The fourth-order valence-electron chi connectivity index (χ4n) is 1.18. The largest absolute Gasteiger partial charge is 0.466 e. The van der Waals surface area contributed by atoms with Gasteiger partial charge in [0.15, 0.2) is 5.13 Å². The third-order valence-corrected chi connectivity index (χ3v) is 3.93. The third kappa shape index (κ3) is 5.99. The van der Waals surface area contributed by atoms with Gasteiger partial charge in [-0.15, -0.1) is 11.3 Å². The summed E-state index contributed by atoms with van der Waals surface area (Å²) in [6, 6.07) is 0. The molecule has 1 aromatic heterocycles. The number of esters is 1. The Balaban J connectivity index is 2.57. The molecular formula is C10H17N3O4S2. The first-order chi connectivity index (χ1) is 8.96. The van der Waals surface area contributed by atoms with Crippen molar-refractivity contribution in [1.82, 2.24) is 9.71 Å². The van der Waals surface area contributed by atoms with Gasteiger partial charge in [0.05, 0.1) is 18.7 Å².